The lowest BCUT2D eigenvalue weighted by molar-refractivity contribution is -0.156. The number of ether oxygens (including phenoxy) is 1. The number of hydrogen-bond acceptors (Lipinski definition) is 4. The lowest BCUT2D eigenvalue weighted by atomic mass is 10.2. The van der Waals surface area contributed by atoms with Gasteiger partial charge in [0.25, 0.3) is 0 Å². The number of carbonyl (C=O) groups excluding carboxylic acids is 2. The van der Waals surface area contributed by atoms with Gasteiger partial charge in [-0.05, 0) is 20.8 Å². The van der Waals surface area contributed by atoms with Crippen molar-refractivity contribution in [2.75, 3.05) is 7.05 Å². The van der Waals surface area contributed by atoms with E-state index in [-0.39, 0.29) is 24.7 Å². The van der Waals surface area contributed by atoms with E-state index < -0.39 is 5.60 Å². The number of imidazole rings is 1. The first-order chi connectivity index (χ1) is 9.19. The lowest BCUT2D eigenvalue weighted by Gasteiger charge is -2.20. The molecule has 0 saturated carbocycles. The summed E-state index contributed by atoms with van der Waals surface area (Å²) in [5.41, 5.74) is -0.515. The first-order valence-corrected chi connectivity index (χ1v) is 6.61. The summed E-state index contributed by atoms with van der Waals surface area (Å²) in [6.45, 7) is 5.84. The predicted octanol–water partition coefficient (Wildman–Crippen LogP) is 1.50. The van der Waals surface area contributed by atoms with Crippen molar-refractivity contribution in [2.45, 2.75) is 45.8 Å². The molecule has 1 rings (SSSR count). The number of nitrogens with zero attached hydrogens (tertiary/aromatic N) is 3. The van der Waals surface area contributed by atoms with Gasteiger partial charge in [-0.2, -0.15) is 0 Å². The van der Waals surface area contributed by atoms with Crippen molar-refractivity contribution in [3.63, 3.8) is 0 Å². The van der Waals surface area contributed by atoms with Crippen LogP contribution in [0.3, 0.4) is 0 Å². The molecule has 0 bridgehead atoms. The van der Waals surface area contributed by atoms with Gasteiger partial charge in [-0.3, -0.25) is 9.59 Å². The molecule has 20 heavy (non-hydrogen) atoms. The van der Waals surface area contributed by atoms with E-state index in [9.17, 15) is 9.59 Å². The molecule has 1 amide bonds. The van der Waals surface area contributed by atoms with Gasteiger partial charge in [-0.1, -0.05) is 0 Å². The molecule has 0 N–H and O–H groups in total. The van der Waals surface area contributed by atoms with Crippen molar-refractivity contribution in [3.8, 4) is 0 Å². The minimum absolute atomic E-state index is 0.0982. The Bertz CT molecular complexity index is 474. The van der Waals surface area contributed by atoms with E-state index in [4.69, 9.17) is 4.74 Å². The minimum atomic E-state index is -0.515. The third kappa shape index (κ3) is 5.42. The van der Waals surface area contributed by atoms with Gasteiger partial charge in [0, 0.05) is 32.9 Å². The predicted molar refractivity (Wildman–Crippen MR) is 74.8 cm³/mol. The molecule has 0 saturated heterocycles. The summed E-state index contributed by atoms with van der Waals surface area (Å²) in [5.74, 6) is 0.355. The Morgan fingerprint density at radius 3 is 2.50 bits per heavy atom. The third-order valence-electron chi connectivity index (χ3n) is 2.69. The number of rotatable bonds is 5. The van der Waals surface area contributed by atoms with E-state index in [1.807, 2.05) is 17.8 Å². The highest BCUT2D eigenvalue weighted by Crippen LogP contribution is 2.10. The summed E-state index contributed by atoms with van der Waals surface area (Å²) >= 11 is 0. The molecular formula is C14H23N3O3. The summed E-state index contributed by atoms with van der Waals surface area (Å²) in [6, 6.07) is 0. The van der Waals surface area contributed by atoms with Gasteiger partial charge in [0.1, 0.15) is 11.4 Å². The van der Waals surface area contributed by atoms with Gasteiger partial charge >= 0.3 is 5.97 Å². The molecule has 6 nitrogen and oxygen atoms in total. The third-order valence-corrected chi connectivity index (χ3v) is 2.69. The summed E-state index contributed by atoms with van der Waals surface area (Å²) in [6.07, 6.45) is 3.76. The van der Waals surface area contributed by atoms with Crippen molar-refractivity contribution in [1.82, 2.24) is 14.5 Å². The number of aromatic nitrogens is 2. The fourth-order valence-electron chi connectivity index (χ4n) is 1.64. The van der Waals surface area contributed by atoms with E-state index in [1.54, 1.807) is 38.9 Å². The second kappa shape index (κ2) is 6.54. The molecule has 0 atom stereocenters. The standard InChI is InChI=1S/C14H23N3O3/c1-14(2,3)20-13(19)7-6-12(18)17(5)10-11-15-8-9-16(11)4/h8-9H,6-7,10H2,1-5H3. The zero-order chi connectivity index (χ0) is 15.3. The number of esters is 1. The maximum Gasteiger partial charge on any atom is 0.306 e. The van der Waals surface area contributed by atoms with Crippen LogP contribution in [0, 0.1) is 0 Å². The molecule has 1 heterocycles. The van der Waals surface area contributed by atoms with Crippen LogP contribution in [0.4, 0.5) is 0 Å². The average Bonchev–Trinajstić information content (AvgIpc) is 2.69. The summed E-state index contributed by atoms with van der Waals surface area (Å²) in [4.78, 5) is 29.2. The van der Waals surface area contributed by atoms with Crippen LogP contribution in [0.5, 0.6) is 0 Å². The summed E-state index contributed by atoms with van der Waals surface area (Å²) < 4.78 is 7.03. The lowest BCUT2D eigenvalue weighted by Crippen LogP contribution is -2.29. The van der Waals surface area contributed by atoms with E-state index >= 15 is 0 Å². The van der Waals surface area contributed by atoms with E-state index in [2.05, 4.69) is 4.98 Å². The van der Waals surface area contributed by atoms with Crippen molar-refractivity contribution < 1.29 is 14.3 Å². The quantitative estimate of drug-likeness (QED) is 0.767. The van der Waals surface area contributed by atoms with Crippen molar-refractivity contribution in [1.29, 1.82) is 0 Å². The molecule has 112 valence electrons. The van der Waals surface area contributed by atoms with Crippen LogP contribution in [0.15, 0.2) is 12.4 Å². The largest absolute Gasteiger partial charge is 0.460 e. The molecule has 0 fully saturated rings. The Morgan fingerprint density at radius 1 is 1.35 bits per heavy atom. The van der Waals surface area contributed by atoms with Crippen molar-refractivity contribution in [2.24, 2.45) is 7.05 Å². The van der Waals surface area contributed by atoms with Crippen LogP contribution >= 0.6 is 0 Å². The van der Waals surface area contributed by atoms with Crippen LogP contribution in [-0.2, 0) is 27.9 Å². The molecule has 6 heteroatoms. The van der Waals surface area contributed by atoms with Gasteiger partial charge in [0.05, 0.1) is 13.0 Å². The summed E-state index contributed by atoms with van der Waals surface area (Å²) in [5, 5.41) is 0. The zero-order valence-electron chi connectivity index (χ0n) is 12.8. The smallest absolute Gasteiger partial charge is 0.306 e. The second-order valence-corrected chi connectivity index (χ2v) is 5.79. The van der Waals surface area contributed by atoms with E-state index in [0.29, 0.717) is 6.54 Å². The molecule has 0 aromatic carbocycles. The van der Waals surface area contributed by atoms with E-state index in [0.717, 1.165) is 5.82 Å². The highest BCUT2D eigenvalue weighted by atomic mass is 16.6. The SMILES string of the molecule is CN(Cc1nccn1C)C(=O)CCC(=O)OC(C)(C)C. The molecular weight excluding hydrogens is 258 g/mol. The Kier molecular flexibility index (Phi) is 5.30. The molecule has 0 aliphatic heterocycles. The van der Waals surface area contributed by atoms with Crippen molar-refractivity contribution >= 4 is 11.9 Å². The maximum absolute atomic E-state index is 11.9. The van der Waals surface area contributed by atoms with Gasteiger partial charge in [-0.25, -0.2) is 4.98 Å². The van der Waals surface area contributed by atoms with Crippen LogP contribution in [-0.4, -0.2) is 39.0 Å². The number of aryl methyl sites for hydroxylation is 1. The molecule has 0 radical (unpaired) electrons. The zero-order valence-corrected chi connectivity index (χ0v) is 12.8. The summed E-state index contributed by atoms with van der Waals surface area (Å²) in [7, 11) is 3.58. The van der Waals surface area contributed by atoms with E-state index in [1.165, 1.54) is 0 Å². The normalized spacial score (nSPS) is 11.2. The molecule has 0 aliphatic rings. The topological polar surface area (TPSA) is 64.4 Å². The highest BCUT2D eigenvalue weighted by molar-refractivity contribution is 5.81. The van der Waals surface area contributed by atoms with Crippen LogP contribution in [0.1, 0.15) is 39.4 Å². The Morgan fingerprint density at radius 2 is 2.00 bits per heavy atom. The number of hydrogen-bond donors (Lipinski definition) is 0. The number of carbonyl (C=O) groups is 2. The fourth-order valence-corrected chi connectivity index (χ4v) is 1.64. The van der Waals surface area contributed by atoms with Gasteiger partial charge in [0.2, 0.25) is 5.91 Å². The Hall–Kier alpha value is -1.85. The number of amides is 1. The monoisotopic (exact) mass is 281 g/mol. The molecule has 0 unspecified atom stereocenters. The molecule has 1 aromatic rings. The molecule has 0 spiro atoms. The maximum atomic E-state index is 11.9. The van der Waals surface area contributed by atoms with Crippen LogP contribution in [0.2, 0.25) is 0 Å². The average molecular weight is 281 g/mol. The molecule has 0 aliphatic carbocycles. The van der Waals surface area contributed by atoms with Gasteiger partial charge in [-0.15, -0.1) is 0 Å². The first kappa shape index (κ1) is 16.2. The minimum Gasteiger partial charge on any atom is -0.460 e. The Labute approximate surface area is 119 Å². The molecule has 1 aromatic heterocycles. The van der Waals surface area contributed by atoms with Crippen molar-refractivity contribution in [3.05, 3.63) is 18.2 Å². The van der Waals surface area contributed by atoms with Crippen LogP contribution in [0.25, 0.3) is 0 Å². The highest BCUT2D eigenvalue weighted by Gasteiger charge is 2.18. The van der Waals surface area contributed by atoms with Gasteiger partial charge < -0.3 is 14.2 Å². The second-order valence-electron chi connectivity index (χ2n) is 5.79. The van der Waals surface area contributed by atoms with Gasteiger partial charge in [0.15, 0.2) is 0 Å². The fraction of sp³-hybridized carbons (Fsp3) is 0.643. The van der Waals surface area contributed by atoms with Crippen LogP contribution < -0.4 is 0 Å². The first-order valence-electron chi connectivity index (χ1n) is 6.61. The Balaban J connectivity index is 2.39.